The van der Waals surface area contributed by atoms with E-state index >= 15 is 0 Å². The molecule has 1 saturated heterocycles. The first-order chi connectivity index (χ1) is 7.76. The number of aromatic nitrogens is 1. The fraction of sp³-hybridized carbons (Fsp3) is 0.636. The highest BCUT2D eigenvalue weighted by molar-refractivity contribution is 7.17. The molecule has 1 aromatic rings. The third kappa shape index (κ3) is 2.10. The topological polar surface area (TPSA) is 42.4 Å². The molecule has 2 heterocycles. The standard InChI is InChI=1S/C11H16N2O2S/c1-3-9-10(6-14)16-11(12-9)13(2)8-4-5-15-7-8/h6,8H,3-5,7H2,1-2H3. The zero-order chi connectivity index (χ0) is 11.5. The van der Waals surface area contributed by atoms with Crippen LogP contribution < -0.4 is 4.90 Å². The summed E-state index contributed by atoms with van der Waals surface area (Å²) >= 11 is 1.47. The van der Waals surface area contributed by atoms with Gasteiger partial charge in [0.15, 0.2) is 11.4 Å². The van der Waals surface area contributed by atoms with E-state index in [0.29, 0.717) is 6.04 Å². The second kappa shape index (κ2) is 4.93. The summed E-state index contributed by atoms with van der Waals surface area (Å²) in [5.41, 5.74) is 0.903. The zero-order valence-electron chi connectivity index (χ0n) is 9.60. The van der Waals surface area contributed by atoms with Crippen molar-refractivity contribution in [2.45, 2.75) is 25.8 Å². The summed E-state index contributed by atoms with van der Waals surface area (Å²) in [6, 6.07) is 0.398. The van der Waals surface area contributed by atoms with E-state index in [9.17, 15) is 4.79 Å². The molecule has 1 atom stereocenters. The number of thiazole rings is 1. The summed E-state index contributed by atoms with van der Waals surface area (Å²) in [6.07, 6.45) is 2.74. The minimum Gasteiger partial charge on any atom is -0.379 e. The lowest BCUT2D eigenvalue weighted by atomic mass is 10.2. The van der Waals surface area contributed by atoms with Crippen LogP contribution in [0.15, 0.2) is 0 Å². The average Bonchev–Trinajstić information content (AvgIpc) is 2.96. The minimum atomic E-state index is 0.398. The first-order valence-electron chi connectivity index (χ1n) is 5.51. The van der Waals surface area contributed by atoms with Gasteiger partial charge in [0, 0.05) is 13.7 Å². The Bertz CT molecular complexity index is 372. The molecule has 4 nitrogen and oxygen atoms in total. The van der Waals surface area contributed by atoms with Crippen LogP contribution in [0.4, 0.5) is 5.13 Å². The van der Waals surface area contributed by atoms with E-state index in [0.717, 1.165) is 48.0 Å². The average molecular weight is 240 g/mol. The molecule has 0 N–H and O–H groups in total. The van der Waals surface area contributed by atoms with Gasteiger partial charge in [0.2, 0.25) is 0 Å². The van der Waals surface area contributed by atoms with Gasteiger partial charge in [-0.05, 0) is 12.8 Å². The predicted molar refractivity (Wildman–Crippen MR) is 64.5 cm³/mol. The second-order valence-corrected chi connectivity index (χ2v) is 4.92. The Morgan fingerprint density at radius 1 is 1.69 bits per heavy atom. The maximum absolute atomic E-state index is 10.9. The van der Waals surface area contributed by atoms with E-state index in [1.807, 2.05) is 14.0 Å². The molecule has 1 aliphatic rings. The number of aldehydes is 1. The smallest absolute Gasteiger partial charge is 0.186 e. The van der Waals surface area contributed by atoms with Crippen LogP contribution in [0, 0.1) is 0 Å². The lowest BCUT2D eigenvalue weighted by molar-refractivity contribution is 0.112. The van der Waals surface area contributed by atoms with Gasteiger partial charge in [0.05, 0.1) is 23.2 Å². The van der Waals surface area contributed by atoms with E-state index in [4.69, 9.17) is 4.74 Å². The summed E-state index contributed by atoms with van der Waals surface area (Å²) in [5, 5.41) is 0.925. The van der Waals surface area contributed by atoms with Crippen LogP contribution in [0.1, 0.15) is 28.7 Å². The molecule has 1 fully saturated rings. The number of hydrogen-bond donors (Lipinski definition) is 0. The number of nitrogens with zero attached hydrogens (tertiary/aromatic N) is 2. The van der Waals surface area contributed by atoms with E-state index in [2.05, 4.69) is 9.88 Å². The highest BCUT2D eigenvalue weighted by atomic mass is 32.1. The van der Waals surface area contributed by atoms with Gasteiger partial charge in [-0.3, -0.25) is 4.79 Å². The van der Waals surface area contributed by atoms with Crippen LogP contribution in [0.5, 0.6) is 0 Å². The van der Waals surface area contributed by atoms with E-state index in [1.165, 1.54) is 11.3 Å². The van der Waals surface area contributed by atoms with E-state index in [-0.39, 0.29) is 0 Å². The van der Waals surface area contributed by atoms with Crippen molar-refractivity contribution in [1.82, 2.24) is 4.98 Å². The van der Waals surface area contributed by atoms with E-state index in [1.54, 1.807) is 0 Å². The molecule has 5 heteroatoms. The van der Waals surface area contributed by atoms with Crippen molar-refractivity contribution in [3.63, 3.8) is 0 Å². The van der Waals surface area contributed by atoms with Gasteiger partial charge in [0.1, 0.15) is 0 Å². The number of aryl methyl sites for hydroxylation is 1. The van der Waals surface area contributed by atoms with Crippen molar-refractivity contribution in [3.8, 4) is 0 Å². The number of hydrogen-bond acceptors (Lipinski definition) is 5. The van der Waals surface area contributed by atoms with Gasteiger partial charge in [-0.2, -0.15) is 0 Å². The molecule has 0 spiro atoms. The predicted octanol–water partition coefficient (Wildman–Crippen LogP) is 1.74. The summed E-state index contributed by atoms with van der Waals surface area (Å²) in [6.45, 7) is 3.60. The highest BCUT2D eigenvalue weighted by Crippen LogP contribution is 2.27. The van der Waals surface area contributed by atoms with Gasteiger partial charge in [-0.15, -0.1) is 0 Å². The Morgan fingerprint density at radius 3 is 3.00 bits per heavy atom. The maximum Gasteiger partial charge on any atom is 0.186 e. The number of ether oxygens (including phenoxy) is 1. The Hall–Kier alpha value is -0.940. The van der Waals surface area contributed by atoms with Crippen LogP contribution in [-0.4, -0.2) is 37.6 Å². The largest absolute Gasteiger partial charge is 0.379 e. The summed E-state index contributed by atoms with van der Waals surface area (Å²) in [4.78, 5) is 18.3. The fourth-order valence-corrected chi connectivity index (χ4v) is 2.83. The molecule has 2 rings (SSSR count). The van der Waals surface area contributed by atoms with Crippen LogP contribution in [-0.2, 0) is 11.2 Å². The zero-order valence-corrected chi connectivity index (χ0v) is 10.4. The second-order valence-electron chi connectivity index (χ2n) is 3.91. The quantitative estimate of drug-likeness (QED) is 0.752. The number of carbonyl (C=O) groups is 1. The molecular formula is C11H16N2O2S. The molecule has 0 amide bonds. The molecule has 88 valence electrons. The fourth-order valence-electron chi connectivity index (χ4n) is 1.83. The lowest BCUT2D eigenvalue weighted by Gasteiger charge is -2.21. The Labute approximate surface area is 99.2 Å². The normalized spacial score (nSPS) is 20.0. The van der Waals surface area contributed by atoms with E-state index < -0.39 is 0 Å². The monoisotopic (exact) mass is 240 g/mol. The molecule has 16 heavy (non-hydrogen) atoms. The van der Waals surface area contributed by atoms with Crippen LogP contribution in [0.3, 0.4) is 0 Å². The van der Waals surface area contributed by atoms with Crippen molar-refractivity contribution in [2.24, 2.45) is 0 Å². The number of anilines is 1. The molecule has 0 aliphatic carbocycles. The van der Waals surface area contributed by atoms with Crippen molar-refractivity contribution in [2.75, 3.05) is 25.2 Å². The summed E-state index contributed by atoms with van der Waals surface area (Å²) < 4.78 is 5.36. The molecule has 1 aromatic heterocycles. The Kier molecular flexibility index (Phi) is 3.56. The lowest BCUT2D eigenvalue weighted by Crippen LogP contribution is -2.31. The number of likely N-dealkylation sites (N-methyl/N-ethyl adjacent to an activating group) is 1. The molecule has 0 aromatic carbocycles. The Morgan fingerprint density at radius 2 is 2.50 bits per heavy atom. The summed E-state index contributed by atoms with van der Waals surface area (Å²) in [5.74, 6) is 0. The van der Waals surface area contributed by atoms with Gasteiger partial charge in [-0.1, -0.05) is 18.3 Å². The SMILES string of the molecule is CCc1nc(N(C)C2CCOC2)sc1C=O. The third-order valence-corrected chi connectivity index (χ3v) is 4.03. The van der Waals surface area contributed by atoms with Gasteiger partial charge < -0.3 is 9.64 Å². The highest BCUT2D eigenvalue weighted by Gasteiger charge is 2.23. The summed E-state index contributed by atoms with van der Waals surface area (Å²) in [7, 11) is 2.02. The van der Waals surface area contributed by atoms with Crippen LogP contribution in [0.2, 0.25) is 0 Å². The minimum absolute atomic E-state index is 0.398. The Balaban J connectivity index is 2.18. The van der Waals surface area contributed by atoms with Crippen molar-refractivity contribution >= 4 is 22.8 Å². The third-order valence-electron chi connectivity index (χ3n) is 2.91. The maximum atomic E-state index is 10.9. The van der Waals surface area contributed by atoms with Crippen molar-refractivity contribution < 1.29 is 9.53 Å². The van der Waals surface area contributed by atoms with Gasteiger partial charge in [0.25, 0.3) is 0 Å². The van der Waals surface area contributed by atoms with Gasteiger partial charge in [-0.25, -0.2) is 4.98 Å². The molecular weight excluding hydrogens is 224 g/mol. The van der Waals surface area contributed by atoms with Crippen molar-refractivity contribution in [1.29, 1.82) is 0 Å². The molecule has 0 saturated carbocycles. The first-order valence-corrected chi connectivity index (χ1v) is 6.33. The van der Waals surface area contributed by atoms with Crippen LogP contribution >= 0.6 is 11.3 Å². The molecule has 1 unspecified atom stereocenters. The van der Waals surface area contributed by atoms with Crippen LogP contribution in [0.25, 0.3) is 0 Å². The number of rotatable bonds is 4. The van der Waals surface area contributed by atoms with Gasteiger partial charge >= 0.3 is 0 Å². The molecule has 0 bridgehead atoms. The molecule has 1 aliphatic heterocycles. The number of carbonyl (C=O) groups excluding carboxylic acids is 1. The first kappa shape index (κ1) is 11.5. The van der Waals surface area contributed by atoms with Crippen molar-refractivity contribution in [3.05, 3.63) is 10.6 Å². The molecule has 0 radical (unpaired) electrons.